The van der Waals surface area contributed by atoms with Crippen LogP contribution in [0.3, 0.4) is 0 Å². The lowest BCUT2D eigenvalue weighted by Crippen LogP contribution is -2.34. The van der Waals surface area contributed by atoms with E-state index >= 15 is 0 Å². The van der Waals surface area contributed by atoms with Crippen LogP contribution in [0.15, 0.2) is 17.0 Å². The number of aromatic nitrogens is 4. The summed E-state index contributed by atoms with van der Waals surface area (Å²) in [5.74, 6) is 2.56. The van der Waals surface area contributed by atoms with Gasteiger partial charge in [-0.15, -0.1) is 0 Å². The summed E-state index contributed by atoms with van der Waals surface area (Å²) < 4.78 is 7.79. The first-order chi connectivity index (χ1) is 11.5. The molecule has 0 unspecified atom stereocenters. The van der Waals surface area contributed by atoms with Gasteiger partial charge in [-0.1, -0.05) is 19.0 Å². The van der Waals surface area contributed by atoms with Crippen LogP contribution in [-0.4, -0.2) is 37.7 Å². The standard InChI is InChI=1S/C18H29N5O/c1-13(2)8-17-20-18(24-21-17)15-6-5-7-22(10-15)11-16-9-19-12-23(16)14(3)4/h9,12-15H,5-8,10-11H2,1-4H3/t15-/m1/s1. The Balaban J connectivity index is 1.64. The van der Waals surface area contributed by atoms with E-state index in [1.54, 1.807) is 0 Å². The fraction of sp³-hybridized carbons (Fsp3) is 0.722. The van der Waals surface area contributed by atoms with Gasteiger partial charge < -0.3 is 9.09 Å². The van der Waals surface area contributed by atoms with Crippen LogP contribution in [0.25, 0.3) is 0 Å². The van der Waals surface area contributed by atoms with Gasteiger partial charge in [-0.05, 0) is 39.2 Å². The molecule has 1 aliphatic rings. The number of likely N-dealkylation sites (tertiary alicyclic amines) is 1. The van der Waals surface area contributed by atoms with Crippen molar-refractivity contribution in [3.63, 3.8) is 0 Å². The molecule has 0 saturated carbocycles. The Bertz CT molecular complexity index is 645. The van der Waals surface area contributed by atoms with Crippen molar-refractivity contribution in [1.29, 1.82) is 0 Å². The second kappa shape index (κ2) is 7.47. The summed E-state index contributed by atoms with van der Waals surface area (Å²) in [6.45, 7) is 11.8. The van der Waals surface area contributed by atoms with E-state index in [0.29, 0.717) is 17.9 Å². The van der Waals surface area contributed by atoms with Gasteiger partial charge in [-0.2, -0.15) is 4.98 Å². The summed E-state index contributed by atoms with van der Waals surface area (Å²) in [4.78, 5) is 11.4. The molecule has 0 amide bonds. The fourth-order valence-corrected chi connectivity index (χ4v) is 3.43. The maximum absolute atomic E-state index is 5.55. The smallest absolute Gasteiger partial charge is 0.231 e. The summed E-state index contributed by atoms with van der Waals surface area (Å²) in [7, 11) is 0. The number of rotatable bonds is 6. The highest BCUT2D eigenvalue weighted by molar-refractivity contribution is 5.02. The molecule has 0 N–H and O–H groups in total. The summed E-state index contributed by atoms with van der Waals surface area (Å²) in [6.07, 6.45) is 7.09. The minimum Gasteiger partial charge on any atom is -0.339 e. The average Bonchev–Trinajstić information content (AvgIpc) is 3.16. The first kappa shape index (κ1) is 17.1. The molecule has 6 heteroatoms. The Labute approximate surface area is 144 Å². The average molecular weight is 331 g/mol. The van der Waals surface area contributed by atoms with Crippen LogP contribution in [0.1, 0.15) is 69.9 Å². The maximum atomic E-state index is 5.55. The summed E-state index contributed by atoms with van der Waals surface area (Å²) in [5.41, 5.74) is 1.27. The Morgan fingerprint density at radius 3 is 2.88 bits per heavy atom. The minimum atomic E-state index is 0.350. The number of hydrogen-bond donors (Lipinski definition) is 0. The molecule has 0 aliphatic carbocycles. The van der Waals surface area contributed by atoms with E-state index in [-0.39, 0.29) is 0 Å². The number of piperidine rings is 1. The zero-order chi connectivity index (χ0) is 17.1. The topological polar surface area (TPSA) is 60.0 Å². The van der Waals surface area contributed by atoms with Crippen LogP contribution in [0.2, 0.25) is 0 Å². The lowest BCUT2D eigenvalue weighted by molar-refractivity contribution is 0.176. The van der Waals surface area contributed by atoms with Crippen LogP contribution in [0, 0.1) is 5.92 Å². The zero-order valence-electron chi connectivity index (χ0n) is 15.3. The molecule has 2 aromatic heterocycles. The number of imidazole rings is 1. The van der Waals surface area contributed by atoms with E-state index in [9.17, 15) is 0 Å². The molecule has 1 fully saturated rings. The fourth-order valence-electron chi connectivity index (χ4n) is 3.43. The molecule has 1 atom stereocenters. The van der Waals surface area contributed by atoms with Gasteiger partial charge in [0.05, 0.1) is 17.9 Å². The summed E-state index contributed by atoms with van der Waals surface area (Å²) in [5, 5.41) is 4.15. The second-order valence-electron chi connectivity index (χ2n) is 7.61. The van der Waals surface area contributed by atoms with Gasteiger partial charge in [0.2, 0.25) is 5.89 Å². The Morgan fingerprint density at radius 2 is 2.12 bits per heavy atom. The molecule has 2 aromatic rings. The van der Waals surface area contributed by atoms with Gasteiger partial charge >= 0.3 is 0 Å². The van der Waals surface area contributed by atoms with E-state index in [1.165, 1.54) is 12.1 Å². The quantitative estimate of drug-likeness (QED) is 0.811. The van der Waals surface area contributed by atoms with Crippen LogP contribution in [-0.2, 0) is 13.0 Å². The van der Waals surface area contributed by atoms with Gasteiger partial charge in [-0.25, -0.2) is 4.98 Å². The second-order valence-corrected chi connectivity index (χ2v) is 7.61. The third-order valence-electron chi connectivity index (χ3n) is 4.62. The molecule has 0 aromatic carbocycles. The van der Waals surface area contributed by atoms with Crippen molar-refractivity contribution in [3.05, 3.63) is 29.9 Å². The minimum absolute atomic E-state index is 0.350. The molecule has 6 nitrogen and oxygen atoms in total. The predicted octanol–water partition coefficient (Wildman–Crippen LogP) is 3.43. The van der Waals surface area contributed by atoms with Gasteiger partial charge in [0, 0.05) is 31.7 Å². The highest BCUT2D eigenvalue weighted by atomic mass is 16.5. The van der Waals surface area contributed by atoms with Crippen molar-refractivity contribution in [2.24, 2.45) is 5.92 Å². The monoisotopic (exact) mass is 331 g/mol. The molecule has 132 valence electrons. The Hall–Kier alpha value is -1.69. The molecule has 0 spiro atoms. The van der Waals surface area contributed by atoms with Crippen molar-refractivity contribution < 1.29 is 4.52 Å². The molecular formula is C18H29N5O. The first-order valence-electron chi connectivity index (χ1n) is 9.08. The van der Waals surface area contributed by atoms with Crippen LogP contribution >= 0.6 is 0 Å². The van der Waals surface area contributed by atoms with Gasteiger partial charge in [0.1, 0.15) is 0 Å². The van der Waals surface area contributed by atoms with Crippen molar-refractivity contribution in [2.45, 2.75) is 65.5 Å². The highest BCUT2D eigenvalue weighted by Gasteiger charge is 2.26. The zero-order valence-corrected chi connectivity index (χ0v) is 15.3. The number of nitrogens with zero attached hydrogens (tertiary/aromatic N) is 5. The molecule has 3 heterocycles. The van der Waals surface area contributed by atoms with E-state index in [2.05, 4.69) is 52.3 Å². The Morgan fingerprint density at radius 1 is 1.29 bits per heavy atom. The van der Waals surface area contributed by atoms with Crippen molar-refractivity contribution in [3.8, 4) is 0 Å². The molecule has 3 rings (SSSR count). The summed E-state index contributed by atoms with van der Waals surface area (Å²) in [6, 6.07) is 0.442. The van der Waals surface area contributed by atoms with Gasteiger partial charge in [0.25, 0.3) is 0 Å². The van der Waals surface area contributed by atoms with Crippen LogP contribution in [0.4, 0.5) is 0 Å². The molecule has 1 aliphatic heterocycles. The largest absolute Gasteiger partial charge is 0.339 e. The van der Waals surface area contributed by atoms with Crippen molar-refractivity contribution in [2.75, 3.05) is 13.1 Å². The number of hydrogen-bond acceptors (Lipinski definition) is 5. The lowest BCUT2D eigenvalue weighted by atomic mass is 9.98. The maximum Gasteiger partial charge on any atom is 0.231 e. The van der Waals surface area contributed by atoms with Gasteiger partial charge in [-0.3, -0.25) is 4.90 Å². The first-order valence-corrected chi connectivity index (χ1v) is 9.08. The van der Waals surface area contributed by atoms with Crippen LogP contribution in [0.5, 0.6) is 0 Å². The normalized spacial score (nSPS) is 19.5. The van der Waals surface area contributed by atoms with Crippen molar-refractivity contribution >= 4 is 0 Å². The highest BCUT2D eigenvalue weighted by Crippen LogP contribution is 2.27. The lowest BCUT2D eigenvalue weighted by Gasteiger charge is -2.31. The Kier molecular flexibility index (Phi) is 5.33. The van der Waals surface area contributed by atoms with E-state index in [4.69, 9.17) is 4.52 Å². The molecule has 0 bridgehead atoms. The van der Waals surface area contributed by atoms with Crippen molar-refractivity contribution in [1.82, 2.24) is 24.6 Å². The SMILES string of the molecule is CC(C)Cc1noc([C@@H]2CCCN(Cc3cncn3C(C)C)C2)n1. The summed E-state index contributed by atoms with van der Waals surface area (Å²) >= 11 is 0. The van der Waals surface area contributed by atoms with Gasteiger partial charge in [0.15, 0.2) is 5.82 Å². The molecular weight excluding hydrogens is 302 g/mol. The van der Waals surface area contributed by atoms with E-state index in [0.717, 1.165) is 44.2 Å². The predicted molar refractivity (Wildman–Crippen MR) is 92.7 cm³/mol. The third-order valence-corrected chi connectivity index (χ3v) is 4.62. The molecule has 1 saturated heterocycles. The van der Waals surface area contributed by atoms with Crippen LogP contribution < -0.4 is 0 Å². The molecule has 0 radical (unpaired) electrons. The molecule has 24 heavy (non-hydrogen) atoms. The van der Waals surface area contributed by atoms with E-state index < -0.39 is 0 Å². The van der Waals surface area contributed by atoms with E-state index in [1.807, 2.05) is 12.5 Å². The third kappa shape index (κ3) is 4.04.